The van der Waals surface area contributed by atoms with Crippen LogP contribution < -0.4 is 10.6 Å². The number of aryl methyl sites for hydroxylation is 1. The first-order valence-electron chi connectivity index (χ1n) is 7.08. The molecular formula is C15H19N3O4. The number of urea groups is 1. The minimum absolute atomic E-state index is 0.149. The van der Waals surface area contributed by atoms with Gasteiger partial charge in [0.1, 0.15) is 0 Å². The monoisotopic (exact) mass is 305 g/mol. The third kappa shape index (κ3) is 4.21. The molecule has 0 bridgehead atoms. The van der Waals surface area contributed by atoms with Gasteiger partial charge in [-0.05, 0) is 31.0 Å². The van der Waals surface area contributed by atoms with Crippen LogP contribution in [0.15, 0.2) is 24.3 Å². The van der Waals surface area contributed by atoms with Crippen LogP contribution in [0.1, 0.15) is 12.0 Å². The van der Waals surface area contributed by atoms with Gasteiger partial charge < -0.3 is 20.6 Å². The number of nitrogens with zero attached hydrogens (tertiary/aromatic N) is 1. The maximum Gasteiger partial charge on any atom is 0.319 e. The number of carboxylic acids is 1. The van der Waals surface area contributed by atoms with E-state index in [1.165, 1.54) is 4.90 Å². The van der Waals surface area contributed by atoms with E-state index in [-0.39, 0.29) is 19.0 Å². The van der Waals surface area contributed by atoms with Gasteiger partial charge in [0.25, 0.3) is 0 Å². The summed E-state index contributed by atoms with van der Waals surface area (Å²) in [6.07, 6.45) is 0.455. The first kappa shape index (κ1) is 15.8. The zero-order chi connectivity index (χ0) is 16.1. The van der Waals surface area contributed by atoms with Gasteiger partial charge in [-0.2, -0.15) is 0 Å². The van der Waals surface area contributed by atoms with Gasteiger partial charge in [-0.15, -0.1) is 0 Å². The molecule has 118 valence electrons. The Kier molecular flexibility index (Phi) is 4.98. The van der Waals surface area contributed by atoms with Crippen molar-refractivity contribution in [2.45, 2.75) is 13.3 Å². The lowest BCUT2D eigenvalue weighted by molar-refractivity contribution is -0.141. The third-order valence-electron chi connectivity index (χ3n) is 3.57. The number of hydrogen-bond acceptors (Lipinski definition) is 3. The van der Waals surface area contributed by atoms with Gasteiger partial charge in [-0.1, -0.05) is 12.1 Å². The van der Waals surface area contributed by atoms with Crippen molar-refractivity contribution in [2.24, 2.45) is 5.92 Å². The van der Waals surface area contributed by atoms with Crippen molar-refractivity contribution in [3.63, 3.8) is 0 Å². The number of carbonyl (C=O) groups excluding carboxylic acids is 2. The van der Waals surface area contributed by atoms with Gasteiger partial charge in [0, 0.05) is 18.8 Å². The number of rotatable bonds is 4. The molecule has 7 nitrogen and oxygen atoms in total. The number of anilines is 1. The molecule has 1 aliphatic heterocycles. The maximum absolute atomic E-state index is 11.9. The van der Waals surface area contributed by atoms with Crippen molar-refractivity contribution in [3.8, 4) is 0 Å². The fourth-order valence-corrected chi connectivity index (χ4v) is 2.35. The summed E-state index contributed by atoms with van der Waals surface area (Å²) in [5.41, 5.74) is 1.67. The van der Waals surface area contributed by atoms with E-state index in [1.54, 1.807) is 6.07 Å². The summed E-state index contributed by atoms with van der Waals surface area (Å²) in [7, 11) is 0. The fraction of sp³-hybridized carbons (Fsp3) is 0.400. The van der Waals surface area contributed by atoms with Crippen LogP contribution in [0.2, 0.25) is 0 Å². The van der Waals surface area contributed by atoms with E-state index < -0.39 is 17.9 Å². The number of carbonyl (C=O) groups is 3. The molecule has 0 saturated carbocycles. The Hall–Kier alpha value is -2.57. The van der Waals surface area contributed by atoms with Gasteiger partial charge in [-0.3, -0.25) is 9.59 Å². The van der Waals surface area contributed by atoms with E-state index in [0.29, 0.717) is 18.7 Å². The van der Waals surface area contributed by atoms with Crippen molar-refractivity contribution in [1.29, 1.82) is 0 Å². The summed E-state index contributed by atoms with van der Waals surface area (Å²) in [6.45, 7) is 2.38. The third-order valence-corrected chi connectivity index (χ3v) is 3.57. The average Bonchev–Trinajstić information content (AvgIpc) is 2.95. The predicted octanol–water partition coefficient (Wildman–Crippen LogP) is 1.05. The van der Waals surface area contributed by atoms with Crippen LogP contribution >= 0.6 is 0 Å². The van der Waals surface area contributed by atoms with Gasteiger partial charge in [-0.25, -0.2) is 4.79 Å². The molecule has 7 heteroatoms. The minimum atomic E-state index is -0.888. The van der Waals surface area contributed by atoms with E-state index in [2.05, 4.69) is 10.6 Å². The number of amides is 3. The SMILES string of the molecule is Cc1cccc(NC(=O)NCC(=O)N2CCC(C(=O)O)C2)c1. The van der Waals surface area contributed by atoms with Crippen molar-refractivity contribution in [3.05, 3.63) is 29.8 Å². The van der Waals surface area contributed by atoms with Crippen LogP contribution in [0.5, 0.6) is 0 Å². The minimum Gasteiger partial charge on any atom is -0.481 e. The molecule has 3 N–H and O–H groups in total. The Bertz CT molecular complexity index is 588. The molecular weight excluding hydrogens is 286 g/mol. The maximum atomic E-state index is 11.9. The normalized spacial score (nSPS) is 17.1. The highest BCUT2D eigenvalue weighted by Crippen LogP contribution is 2.16. The van der Waals surface area contributed by atoms with Crippen LogP contribution in [-0.2, 0) is 9.59 Å². The lowest BCUT2D eigenvalue weighted by atomic mass is 10.1. The summed E-state index contributed by atoms with van der Waals surface area (Å²) < 4.78 is 0. The highest BCUT2D eigenvalue weighted by molar-refractivity contribution is 5.92. The first-order chi connectivity index (χ1) is 10.5. The second kappa shape index (κ2) is 6.93. The second-order valence-electron chi connectivity index (χ2n) is 5.34. The second-order valence-corrected chi connectivity index (χ2v) is 5.34. The molecule has 22 heavy (non-hydrogen) atoms. The molecule has 0 spiro atoms. The Morgan fingerprint density at radius 2 is 2.14 bits per heavy atom. The van der Waals surface area contributed by atoms with Gasteiger partial charge >= 0.3 is 12.0 Å². The molecule has 1 heterocycles. The molecule has 1 aromatic rings. The summed E-state index contributed by atoms with van der Waals surface area (Å²) in [5, 5.41) is 14.0. The van der Waals surface area contributed by atoms with Crippen molar-refractivity contribution in [1.82, 2.24) is 10.2 Å². The average molecular weight is 305 g/mol. The molecule has 0 aromatic heterocycles. The number of hydrogen-bond donors (Lipinski definition) is 3. The van der Waals surface area contributed by atoms with Crippen LogP contribution in [0.4, 0.5) is 10.5 Å². The number of nitrogens with one attached hydrogen (secondary N) is 2. The Balaban J connectivity index is 1.77. The molecule has 1 aliphatic rings. The fourth-order valence-electron chi connectivity index (χ4n) is 2.35. The Labute approximate surface area is 128 Å². The van der Waals surface area contributed by atoms with Gasteiger partial charge in [0.05, 0.1) is 12.5 Å². The molecule has 1 saturated heterocycles. The molecule has 1 unspecified atom stereocenters. The molecule has 1 aromatic carbocycles. The Morgan fingerprint density at radius 3 is 2.77 bits per heavy atom. The molecule has 3 amide bonds. The molecule has 2 rings (SSSR count). The van der Waals surface area contributed by atoms with E-state index in [1.807, 2.05) is 25.1 Å². The lowest BCUT2D eigenvalue weighted by Crippen LogP contribution is -2.40. The summed E-state index contributed by atoms with van der Waals surface area (Å²) in [4.78, 5) is 36.0. The summed E-state index contributed by atoms with van der Waals surface area (Å²) in [5.74, 6) is -1.67. The zero-order valence-corrected chi connectivity index (χ0v) is 12.3. The van der Waals surface area contributed by atoms with E-state index in [9.17, 15) is 14.4 Å². The van der Waals surface area contributed by atoms with Crippen LogP contribution in [-0.4, -0.2) is 47.5 Å². The van der Waals surface area contributed by atoms with Crippen LogP contribution in [0, 0.1) is 12.8 Å². The summed E-state index contributed by atoms with van der Waals surface area (Å²) in [6, 6.07) is 6.85. The van der Waals surface area contributed by atoms with Crippen molar-refractivity contribution >= 4 is 23.6 Å². The molecule has 1 atom stereocenters. The van der Waals surface area contributed by atoms with Crippen LogP contribution in [0.3, 0.4) is 0 Å². The smallest absolute Gasteiger partial charge is 0.319 e. The highest BCUT2D eigenvalue weighted by atomic mass is 16.4. The quantitative estimate of drug-likeness (QED) is 0.774. The first-order valence-corrected chi connectivity index (χ1v) is 7.08. The van der Waals surface area contributed by atoms with Crippen molar-refractivity contribution < 1.29 is 19.5 Å². The van der Waals surface area contributed by atoms with Crippen molar-refractivity contribution in [2.75, 3.05) is 25.0 Å². The topological polar surface area (TPSA) is 98.7 Å². The molecule has 0 radical (unpaired) electrons. The van der Waals surface area contributed by atoms with Crippen LogP contribution in [0.25, 0.3) is 0 Å². The van der Waals surface area contributed by atoms with E-state index in [0.717, 1.165) is 5.56 Å². The largest absolute Gasteiger partial charge is 0.481 e. The Morgan fingerprint density at radius 1 is 1.36 bits per heavy atom. The number of aliphatic carboxylic acids is 1. The number of likely N-dealkylation sites (tertiary alicyclic amines) is 1. The van der Waals surface area contributed by atoms with Gasteiger partial charge in [0.15, 0.2) is 0 Å². The predicted molar refractivity (Wildman–Crippen MR) is 80.5 cm³/mol. The highest BCUT2D eigenvalue weighted by Gasteiger charge is 2.30. The zero-order valence-electron chi connectivity index (χ0n) is 12.3. The summed E-state index contributed by atoms with van der Waals surface area (Å²) >= 11 is 0. The van der Waals surface area contributed by atoms with Gasteiger partial charge in [0.2, 0.25) is 5.91 Å². The number of carboxylic acid groups (broad SMARTS) is 1. The molecule has 1 fully saturated rings. The molecule has 0 aliphatic carbocycles. The number of benzene rings is 1. The lowest BCUT2D eigenvalue weighted by Gasteiger charge is -2.16. The van der Waals surface area contributed by atoms with E-state index >= 15 is 0 Å². The standard InChI is InChI=1S/C15H19N3O4/c1-10-3-2-4-12(7-10)17-15(22)16-8-13(19)18-6-5-11(9-18)14(20)21/h2-4,7,11H,5-6,8-9H2,1H3,(H,20,21)(H2,16,17,22). The van der Waals surface area contributed by atoms with E-state index in [4.69, 9.17) is 5.11 Å².